The fraction of sp³-hybridized carbons (Fsp3) is 0.800. The lowest BCUT2D eigenvalue weighted by molar-refractivity contribution is 0.00578. The number of aryl methyl sites for hydroxylation is 2. The van der Waals surface area contributed by atoms with Crippen LogP contribution >= 0.6 is 11.3 Å². The van der Waals surface area contributed by atoms with Crippen molar-refractivity contribution in [2.75, 3.05) is 0 Å². The van der Waals surface area contributed by atoms with Crippen LogP contribution in [-0.4, -0.2) is 23.3 Å². The molecule has 1 aliphatic rings. The van der Waals surface area contributed by atoms with Gasteiger partial charge in [-0.3, -0.25) is 0 Å². The molecule has 1 fully saturated rings. The van der Waals surface area contributed by atoms with Crippen molar-refractivity contribution < 1.29 is 9.31 Å². The predicted octanol–water partition coefficient (Wildman–Crippen LogP) is 3.35. The average molecular weight is 295 g/mol. The molecule has 0 N–H and O–H groups in total. The van der Waals surface area contributed by atoms with Crippen LogP contribution in [0.3, 0.4) is 0 Å². The summed E-state index contributed by atoms with van der Waals surface area (Å²) in [5.41, 5.74) is 0.603. The van der Waals surface area contributed by atoms with E-state index in [1.165, 1.54) is 15.5 Å². The average Bonchev–Trinajstić information content (AvgIpc) is 2.80. The Balaban J connectivity index is 2.28. The van der Waals surface area contributed by atoms with Crippen molar-refractivity contribution in [1.82, 2.24) is 4.98 Å². The Labute approximate surface area is 127 Å². The van der Waals surface area contributed by atoms with Gasteiger partial charge in [0.05, 0.1) is 26.7 Å². The highest BCUT2D eigenvalue weighted by Crippen LogP contribution is 2.37. The molecular formula is C15H26BNO2S. The van der Waals surface area contributed by atoms with E-state index in [0.29, 0.717) is 0 Å². The molecule has 3 nitrogen and oxygen atoms in total. The SMILES string of the molecule is CCCc1nc(CCC)c(B2OC(C)(C)C(C)(C)O2)s1. The van der Waals surface area contributed by atoms with Crippen LogP contribution in [-0.2, 0) is 22.2 Å². The summed E-state index contributed by atoms with van der Waals surface area (Å²) in [6.45, 7) is 12.8. The lowest BCUT2D eigenvalue weighted by Crippen LogP contribution is -2.41. The topological polar surface area (TPSA) is 31.4 Å². The third-order valence-corrected chi connectivity index (χ3v) is 5.37. The molecule has 1 saturated heterocycles. The Kier molecular flexibility index (Phi) is 4.62. The molecule has 0 amide bonds. The zero-order valence-electron chi connectivity index (χ0n) is 13.6. The van der Waals surface area contributed by atoms with E-state index in [-0.39, 0.29) is 18.3 Å². The molecule has 0 saturated carbocycles. The van der Waals surface area contributed by atoms with Gasteiger partial charge in [-0.2, -0.15) is 0 Å². The first-order chi connectivity index (χ1) is 9.30. The molecule has 20 heavy (non-hydrogen) atoms. The predicted molar refractivity (Wildman–Crippen MR) is 85.8 cm³/mol. The van der Waals surface area contributed by atoms with Crippen LogP contribution in [0.1, 0.15) is 65.1 Å². The van der Waals surface area contributed by atoms with E-state index in [0.717, 1.165) is 25.7 Å². The maximum Gasteiger partial charge on any atom is 0.507 e. The van der Waals surface area contributed by atoms with Crippen molar-refractivity contribution in [3.05, 3.63) is 10.7 Å². The van der Waals surface area contributed by atoms with Gasteiger partial charge in [0.2, 0.25) is 0 Å². The van der Waals surface area contributed by atoms with E-state index in [4.69, 9.17) is 14.3 Å². The van der Waals surface area contributed by atoms with Crippen LogP contribution < -0.4 is 4.78 Å². The van der Waals surface area contributed by atoms with Gasteiger partial charge in [-0.05, 0) is 47.0 Å². The Morgan fingerprint density at radius 1 is 1.00 bits per heavy atom. The molecule has 0 radical (unpaired) electrons. The highest BCUT2D eigenvalue weighted by Gasteiger charge is 2.53. The molecule has 0 aliphatic carbocycles. The zero-order chi connectivity index (χ0) is 15.0. The van der Waals surface area contributed by atoms with E-state index >= 15 is 0 Å². The number of hydrogen-bond donors (Lipinski definition) is 0. The molecule has 112 valence electrons. The molecule has 0 atom stereocenters. The van der Waals surface area contributed by atoms with Crippen LogP contribution in [0.2, 0.25) is 0 Å². The maximum atomic E-state index is 6.18. The lowest BCUT2D eigenvalue weighted by atomic mass is 9.85. The summed E-state index contributed by atoms with van der Waals surface area (Å²) in [5, 5.41) is 1.21. The van der Waals surface area contributed by atoms with Gasteiger partial charge in [0.1, 0.15) is 0 Å². The summed E-state index contributed by atoms with van der Waals surface area (Å²) in [5.74, 6) is 0. The first-order valence-electron chi connectivity index (χ1n) is 7.65. The Morgan fingerprint density at radius 2 is 1.55 bits per heavy atom. The maximum absolute atomic E-state index is 6.18. The summed E-state index contributed by atoms with van der Waals surface area (Å²) in [4.78, 5) is 4.79. The Hall–Kier alpha value is -0.385. The standard InChI is InChI=1S/C15H26BNO2S/c1-7-9-11-13(20-12(17-11)10-8-2)16-18-14(3,4)15(5,6)19-16/h7-10H2,1-6H3. The third-order valence-electron chi connectivity index (χ3n) is 4.19. The summed E-state index contributed by atoms with van der Waals surface area (Å²) in [6, 6.07) is 0. The van der Waals surface area contributed by atoms with Gasteiger partial charge in [-0.15, -0.1) is 11.3 Å². The van der Waals surface area contributed by atoms with Gasteiger partial charge in [-0.25, -0.2) is 4.98 Å². The minimum absolute atomic E-state index is 0.260. The smallest absolute Gasteiger partial charge is 0.399 e. The normalized spacial score (nSPS) is 20.6. The molecule has 0 aromatic carbocycles. The number of aromatic nitrogens is 1. The minimum atomic E-state index is -0.282. The molecule has 1 aromatic heterocycles. The summed E-state index contributed by atoms with van der Waals surface area (Å²) < 4.78 is 13.5. The quantitative estimate of drug-likeness (QED) is 0.781. The van der Waals surface area contributed by atoms with Crippen LogP contribution in [0.25, 0.3) is 0 Å². The minimum Gasteiger partial charge on any atom is -0.399 e. The van der Waals surface area contributed by atoms with Gasteiger partial charge >= 0.3 is 7.12 Å². The molecule has 1 aliphatic heterocycles. The van der Waals surface area contributed by atoms with Gasteiger partial charge in [0.25, 0.3) is 0 Å². The van der Waals surface area contributed by atoms with Crippen LogP contribution in [0.5, 0.6) is 0 Å². The highest BCUT2D eigenvalue weighted by molar-refractivity contribution is 7.22. The molecule has 1 aromatic rings. The van der Waals surface area contributed by atoms with Crippen LogP contribution in [0.4, 0.5) is 0 Å². The Bertz CT molecular complexity index is 454. The number of rotatable bonds is 5. The zero-order valence-corrected chi connectivity index (χ0v) is 14.4. The van der Waals surface area contributed by atoms with Crippen molar-refractivity contribution in [2.45, 2.75) is 78.4 Å². The first kappa shape index (κ1) is 16.0. The van der Waals surface area contributed by atoms with Crippen molar-refractivity contribution >= 4 is 23.2 Å². The van der Waals surface area contributed by atoms with Gasteiger partial charge in [0.15, 0.2) is 0 Å². The van der Waals surface area contributed by atoms with E-state index in [9.17, 15) is 0 Å². The van der Waals surface area contributed by atoms with E-state index in [1.807, 2.05) is 0 Å². The third kappa shape index (κ3) is 2.95. The first-order valence-corrected chi connectivity index (χ1v) is 8.46. The molecule has 5 heteroatoms. The highest BCUT2D eigenvalue weighted by atomic mass is 32.1. The molecule has 0 bridgehead atoms. The van der Waals surface area contributed by atoms with Crippen molar-refractivity contribution in [3.63, 3.8) is 0 Å². The molecular weight excluding hydrogens is 269 g/mol. The van der Waals surface area contributed by atoms with E-state index < -0.39 is 0 Å². The summed E-state index contributed by atoms with van der Waals surface area (Å²) in [6.07, 6.45) is 4.27. The summed E-state index contributed by atoms with van der Waals surface area (Å²) >= 11 is 1.76. The fourth-order valence-corrected chi connectivity index (χ4v) is 3.46. The molecule has 2 rings (SSSR count). The largest absolute Gasteiger partial charge is 0.507 e. The monoisotopic (exact) mass is 295 g/mol. The van der Waals surface area contributed by atoms with Crippen molar-refractivity contribution in [1.29, 1.82) is 0 Å². The second kappa shape index (κ2) is 5.78. The van der Waals surface area contributed by atoms with E-state index in [1.54, 1.807) is 11.3 Å². The Morgan fingerprint density at radius 3 is 2.05 bits per heavy atom. The molecule has 2 heterocycles. The van der Waals surface area contributed by atoms with Gasteiger partial charge < -0.3 is 9.31 Å². The number of hydrogen-bond acceptors (Lipinski definition) is 4. The second-order valence-electron chi connectivity index (χ2n) is 6.51. The molecule has 0 unspecified atom stereocenters. The number of thiazole rings is 1. The fourth-order valence-electron chi connectivity index (χ4n) is 2.29. The van der Waals surface area contributed by atoms with E-state index in [2.05, 4.69) is 41.5 Å². The lowest BCUT2D eigenvalue weighted by Gasteiger charge is -2.32. The van der Waals surface area contributed by atoms with Crippen molar-refractivity contribution in [3.8, 4) is 0 Å². The second-order valence-corrected chi connectivity index (χ2v) is 7.62. The van der Waals surface area contributed by atoms with Gasteiger partial charge in [-0.1, -0.05) is 20.3 Å². The number of nitrogens with zero attached hydrogens (tertiary/aromatic N) is 1. The summed E-state index contributed by atoms with van der Waals surface area (Å²) in [7, 11) is -0.260. The van der Waals surface area contributed by atoms with Crippen molar-refractivity contribution in [2.24, 2.45) is 0 Å². The van der Waals surface area contributed by atoms with Crippen LogP contribution in [0.15, 0.2) is 0 Å². The molecule has 0 spiro atoms. The van der Waals surface area contributed by atoms with Gasteiger partial charge in [0, 0.05) is 0 Å². The van der Waals surface area contributed by atoms with Crippen LogP contribution in [0, 0.1) is 0 Å².